The van der Waals surface area contributed by atoms with Crippen LogP contribution in [0.5, 0.6) is 0 Å². The Balaban J connectivity index is 1.86. The van der Waals surface area contributed by atoms with Crippen molar-refractivity contribution in [1.82, 2.24) is 9.21 Å². The Morgan fingerprint density at radius 3 is 2.82 bits per heavy atom. The summed E-state index contributed by atoms with van der Waals surface area (Å²) < 4.78 is 46.6. The highest BCUT2D eigenvalue weighted by Gasteiger charge is 2.40. The summed E-state index contributed by atoms with van der Waals surface area (Å²) in [5, 5.41) is 0. The van der Waals surface area contributed by atoms with Crippen LogP contribution < -0.4 is 0 Å². The Labute approximate surface area is 130 Å². The fourth-order valence-electron chi connectivity index (χ4n) is 3.19. The molecule has 0 unspecified atom stereocenters. The molecule has 3 rings (SSSR count). The maximum atomic E-state index is 14.1. The van der Waals surface area contributed by atoms with Crippen molar-refractivity contribution < 1.29 is 17.5 Å². The molecule has 2 saturated heterocycles. The van der Waals surface area contributed by atoms with E-state index in [1.165, 1.54) is 16.4 Å². The summed E-state index contributed by atoms with van der Waals surface area (Å²) in [7, 11) is -1.83. The van der Waals surface area contributed by atoms with Gasteiger partial charge >= 0.3 is 0 Å². The lowest BCUT2D eigenvalue weighted by atomic mass is 10.0. The average Bonchev–Trinajstić information content (AvgIpc) is 2.47. The van der Waals surface area contributed by atoms with E-state index in [9.17, 15) is 12.8 Å². The first-order valence-electron chi connectivity index (χ1n) is 7.48. The Morgan fingerprint density at radius 2 is 2.09 bits per heavy atom. The number of sulfonamides is 1. The Hall–Kier alpha value is -1.02. The highest BCUT2D eigenvalue weighted by atomic mass is 32.2. The number of morpholine rings is 1. The maximum absolute atomic E-state index is 14.1. The number of piperidine rings is 1. The number of hydrogen-bond acceptors (Lipinski definition) is 4. The third-order valence-electron chi connectivity index (χ3n) is 4.53. The highest BCUT2D eigenvalue weighted by Crippen LogP contribution is 2.27. The summed E-state index contributed by atoms with van der Waals surface area (Å²) in [6.07, 6.45) is 0.704. The van der Waals surface area contributed by atoms with Crippen LogP contribution in [0, 0.1) is 12.7 Å². The summed E-state index contributed by atoms with van der Waals surface area (Å²) in [4.78, 5) is 1.89. The van der Waals surface area contributed by atoms with E-state index in [4.69, 9.17) is 4.74 Å². The molecule has 2 heterocycles. The van der Waals surface area contributed by atoms with Gasteiger partial charge in [0.1, 0.15) is 10.7 Å². The largest absolute Gasteiger partial charge is 0.375 e. The molecular formula is C15H21FN2O3S. The van der Waals surface area contributed by atoms with Crippen molar-refractivity contribution in [2.75, 3.05) is 33.3 Å². The predicted octanol–water partition coefficient (Wildman–Crippen LogP) is 1.23. The van der Waals surface area contributed by atoms with Crippen LogP contribution in [0.1, 0.15) is 12.0 Å². The summed E-state index contributed by atoms with van der Waals surface area (Å²) in [6.45, 7) is 3.91. The molecule has 0 N–H and O–H groups in total. The van der Waals surface area contributed by atoms with Gasteiger partial charge in [-0.05, 0) is 38.1 Å². The van der Waals surface area contributed by atoms with Crippen LogP contribution in [-0.2, 0) is 14.8 Å². The smallest absolute Gasteiger partial charge is 0.246 e. The van der Waals surface area contributed by atoms with Gasteiger partial charge in [-0.15, -0.1) is 0 Å². The van der Waals surface area contributed by atoms with Crippen molar-refractivity contribution in [3.63, 3.8) is 0 Å². The van der Waals surface area contributed by atoms with Gasteiger partial charge in [-0.3, -0.25) is 4.90 Å². The number of benzene rings is 1. The molecule has 0 saturated carbocycles. The van der Waals surface area contributed by atoms with Crippen molar-refractivity contribution in [1.29, 1.82) is 0 Å². The van der Waals surface area contributed by atoms with Gasteiger partial charge in [-0.1, -0.05) is 6.07 Å². The molecule has 2 atom stereocenters. The second-order valence-electron chi connectivity index (χ2n) is 6.04. The maximum Gasteiger partial charge on any atom is 0.246 e. The quantitative estimate of drug-likeness (QED) is 0.819. The molecule has 1 aromatic rings. The SMILES string of the molecule is Cc1ccc(S(=O)(=O)N2CC[C@H]3OCCN(C)[C@@H]3C2)c(F)c1. The van der Waals surface area contributed by atoms with Gasteiger partial charge in [0.05, 0.1) is 12.7 Å². The van der Waals surface area contributed by atoms with Crippen molar-refractivity contribution in [3.05, 3.63) is 29.6 Å². The Morgan fingerprint density at radius 1 is 1.32 bits per heavy atom. The number of halogens is 1. The van der Waals surface area contributed by atoms with Crippen LogP contribution in [0.3, 0.4) is 0 Å². The molecule has 122 valence electrons. The number of ether oxygens (including phenoxy) is 1. The van der Waals surface area contributed by atoms with Crippen LogP contribution in [-0.4, -0.2) is 63.1 Å². The van der Waals surface area contributed by atoms with E-state index in [-0.39, 0.29) is 17.0 Å². The molecule has 0 bridgehead atoms. The Kier molecular flexibility index (Phi) is 4.24. The molecule has 0 spiro atoms. The molecule has 5 nitrogen and oxygen atoms in total. The van der Waals surface area contributed by atoms with Gasteiger partial charge < -0.3 is 4.74 Å². The first-order valence-corrected chi connectivity index (χ1v) is 8.92. The Bertz CT molecular complexity index is 665. The van der Waals surface area contributed by atoms with Crippen molar-refractivity contribution in [2.24, 2.45) is 0 Å². The predicted molar refractivity (Wildman–Crippen MR) is 80.7 cm³/mol. The van der Waals surface area contributed by atoms with Gasteiger partial charge in [-0.25, -0.2) is 12.8 Å². The second kappa shape index (κ2) is 5.88. The third-order valence-corrected chi connectivity index (χ3v) is 6.43. The normalized spacial score (nSPS) is 27.6. The monoisotopic (exact) mass is 328 g/mol. The average molecular weight is 328 g/mol. The van der Waals surface area contributed by atoms with Crippen LogP contribution in [0.4, 0.5) is 4.39 Å². The van der Waals surface area contributed by atoms with E-state index < -0.39 is 15.8 Å². The van der Waals surface area contributed by atoms with Gasteiger partial charge in [0.2, 0.25) is 10.0 Å². The minimum Gasteiger partial charge on any atom is -0.375 e. The van der Waals surface area contributed by atoms with E-state index in [0.717, 1.165) is 6.54 Å². The lowest BCUT2D eigenvalue weighted by Gasteiger charge is -2.45. The van der Waals surface area contributed by atoms with Crippen molar-refractivity contribution in [2.45, 2.75) is 30.4 Å². The molecule has 2 aliphatic rings. The molecule has 2 fully saturated rings. The van der Waals surface area contributed by atoms with Crippen LogP contribution in [0.15, 0.2) is 23.1 Å². The number of aryl methyl sites for hydroxylation is 1. The van der Waals surface area contributed by atoms with E-state index >= 15 is 0 Å². The highest BCUT2D eigenvalue weighted by molar-refractivity contribution is 7.89. The summed E-state index contributed by atoms with van der Waals surface area (Å²) in [5.74, 6) is -0.685. The molecule has 22 heavy (non-hydrogen) atoms. The van der Waals surface area contributed by atoms with E-state index in [1.807, 2.05) is 7.05 Å². The van der Waals surface area contributed by atoms with Crippen LogP contribution >= 0.6 is 0 Å². The second-order valence-corrected chi connectivity index (χ2v) is 7.95. The zero-order chi connectivity index (χ0) is 15.9. The minimum absolute atomic E-state index is 0.0331. The first-order chi connectivity index (χ1) is 10.4. The number of likely N-dealkylation sites (N-methyl/N-ethyl adjacent to an activating group) is 1. The van der Waals surface area contributed by atoms with Gasteiger partial charge in [0, 0.05) is 25.7 Å². The van der Waals surface area contributed by atoms with Gasteiger partial charge in [0.25, 0.3) is 0 Å². The molecule has 0 aliphatic carbocycles. The molecule has 1 aromatic carbocycles. The zero-order valence-corrected chi connectivity index (χ0v) is 13.6. The third kappa shape index (κ3) is 2.78. The molecule has 0 radical (unpaired) electrons. The lowest BCUT2D eigenvalue weighted by Crippen LogP contribution is -2.59. The topological polar surface area (TPSA) is 49.9 Å². The van der Waals surface area contributed by atoms with Crippen molar-refractivity contribution >= 4 is 10.0 Å². The standard InChI is InChI=1S/C15H21FN2O3S/c1-11-3-4-15(12(16)9-11)22(19,20)18-6-5-14-13(10-18)17(2)7-8-21-14/h3-4,9,13-14H,5-8,10H2,1-2H3/t13-,14-/m1/s1. The van der Waals surface area contributed by atoms with Crippen molar-refractivity contribution in [3.8, 4) is 0 Å². The van der Waals surface area contributed by atoms with E-state index in [1.54, 1.807) is 13.0 Å². The van der Waals surface area contributed by atoms with Gasteiger partial charge in [-0.2, -0.15) is 4.31 Å². The first kappa shape index (κ1) is 15.9. The summed E-state index contributed by atoms with van der Waals surface area (Å²) >= 11 is 0. The number of hydrogen-bond donors (Lipinski definition) is 0. The minimum atomic E-state index is -3.81. The summed E-state index contributed by atoms with van der Waals surface area (Å²) in [5.41, 5.74) is 0.704. The fraction of sp³-hybridized carbons (Fsp3) is 0.600. The van der Waals surface area contributed by atoms with Crippen LogP contribution in [0.2, 0.25) is 0 Å². The number of rotatable bonds is 2. The fourth-order valence-corrected chi connectivity index (χ4v) is 4.70. The summed E-state index contributed by atoms with van der Waals surface area (Å²) in [6, 6.07) is 4.27. The lowest BCUT2D eigenvalue weighted by molar-refractivity contribution is -0.0840. The van der Waals surface area contributed by atoms with E-state index in [2.05, 4.69) is 4.90 Å². The molecule has 2 aliphatic heterocycles. The molecular weight excluding hydrogens is 307 g/mol. The molecule has 7 heteroatoms. The van der Waals surface area contributed by atoms with Gasteiger partial charge in [0.15, 0.2) is 0 Å². The molecule has 0 amide bonds. The van der Waals surface area contributed by atoms with E-state index in [0.29, 0.717) is 31.7 Å². The van der Waals surface area contributed by atoms with Crippen LogP contribution in [0.25, 0.3) is 0 Å². The molecule has 0 aromatic heterocycles. The number of nitrogens with zero attached hydrogens (tertiary/aromatic N) is 2. The number of fused-ring (bicyclic) bond motifs is 1. The zero-order valence-electron chi connectivity index (χ0n) is 12.8.